The van der Waals surface area contributed by atoms with Crippen LogP contribution in [0.1, 0.15) is 36.8 Å². The maximum Gasteiger partial charge on any atom is 0.248 e. The number of nitrogens with zero attached hydrogens (tertiary/aromatic N) is 3. The number of hydrogen-bond acceptors (Lipinski definition) is 7. The van der Waals surface area contributed by atoms with Crippen LogP contribution in [0.25, 0.3) is 0 Å². The SMILES string of the molecule is COc1cc(C)c(S(=O)(=O)N(C)CCOCC(=O)N(C)C[C@H]2CC[C@@H](NC(=O)CN(C)C)CC2)c(C)c1. The summed E-state index contributed by atoms with van der Waals surface area (Å²) < 4.78 is 38.2. The Hall–Kier alpha value is -2.21. The van der Waals surface area contributed by atoms with Gasteiger partial charge in [0.05, 0.1) is 25.2 Å². The molecule has 11 heteroatoms. The van der Waals surface area contributed by atoms with E-state index in [-0.39, 0.29) is 42.5 Å². The van der Waals surface area contributed by atoms with Gasteiger partial charge in [-0.25, -0.2) is 8.42 Å². The second kappa shape index (κ2) is 14.1. The number of sulfonamides is 1. The Labute approximate surface area is 222 Å². The van der Waals surface area contributed by atoms with E-state index in [1.165, 1.54) is 11.4 Å². The lowest BCUT2D eigenvalue weighted by atomic mass is 9.85. The Balaban J connectivity index is 1.73. The topological polar surface area (TPSA) is 108 Å². The highest BCUT2D eigenvalue weighted by Crippen LogP contribution is 2.28. The smallest absolute Gasteiger partial charge is 0.248 e. The molecule has 0 atom stereocenters. The van der Waals surface area contributed by atoms with Crippen molar-refractivity contribution in [2.75, 3.05) is 68.1 Å². The zero-order chi connectivity index (χ0) is 27.8. The third-order valence-electron chi connectivity index (χ3n) is 6.74. The fourth-order valence-corrected chi connectivity index (χ4v) is 6.27. The minimum atomic E-state index is -3.71. The highest BCUT2D eigenvalue weighted by Gasteiger charge is 2.26. The number of carbonyl (C=O) groups excluding carboxylic acids is 2. The van der Waals surface area contributed by atoms with Gasteiger partial charge in [0.1, 0.15) is 12.4 Å². The first kappa shape index (κ1) is 31.0. The summed E-state index contributed by atoms with van der Waals surface area (Å²) in [6, 6.07) is 3.60. The highest BCUT2D eigenvalue weighted by atomic mass is 32.2. The number of methoxy groups -OCH3 is 1. The van der Waals surface area contributed by atoms with E-state index in [0.29, 0.717) is 35.9 Å². The molecule has 37 heavy (non-hydrogen) atoms. The summed E-state index contributed by atoms with van der Waals surface area (Å²) in [5.41, 5.74) is 1.23. The molecular weight excluding hydrogens is 496 g/mol. The van der Waals surface area contributed by atoms with Crippen LogP contribution in [-0.2, 0) is 24.3 Å². The van der Waals surface area contributed by atoms with Crippen molar-refractivity contribution < 1.29 is 27.5 Å². The minimum absolute atomic E-state index is 0.0469. The maximum atomic E-state index is 13.1. The summed E-state index contributed by atoms with van der Waals surface area (Å²) in [6.45, 7) is 4.67. The van der Waals surface area contributed by atoms with Crippen molar-refractivity contribution in [2.45, 2.75) is 50.5 Å². The minimum Gasteiger partial charge on any atom is -0.497 e. The number of hydrogen-bond donors (Lipinski definition) is 1. The molecule has 1 aromatic carbocycles. The lowest BCUT2D eigenvalue weighted by molar-refractivity contribution is -0.135. The molecule has 10 nitrogen and oxygen atoms in total. The second-order valence-corrected chi connectivity index (χ2v) is 12.2. The summed E-state index contributed by atoms with van der Waals surface area (Å²) in [5, 5.41) is 3.09. The molecule has 210 valence electrons. The number of carbonyl (C=O) groups is 2. The summed E-state index contributed by atoms with van der Waals surface area (Å²) in [4.78, 5) is 28.3. The first-order valence-corrected chi connectivity index (χ1v) is 14.2. The molecule has 0 aliphatic heterocycles. The van der Waals surface area contributed by atoms with Gasteiger partial charge in [-0.3, -0.25) is 9.59 Å². The van der Waals surface area contributed by atoms with Gasteiger partial charge in [-0.05, 0) is 82.8 Å². The van der Waals surface area contributed by atoms with Crippen LogP contribution >= 0.6 is 0 Å². The molecule has 1 fully saturated rings. The first-order valence-electron chi connectivity index (χ1n) is 12.7. The van der Waals surface area contributed by atoms with Crippen molar-refractivity contribution in [3.05, 3.63) is 23.3 Å². The molecule has 1 N–H and O–H groups in total. The fourth-order valence-electron chi connectivity index (χ4n) is 4.71. The van der Waals surface area contributed by atoms with Crippen LogP contribution in [0.3, 0.4) is 0 Å². The predicted octanol–water partition coefficient (Wildman–Crippen LogP) is 1.64. The molecule has 2 rings (SSSR count). The molecule has 0 unspecified atom stereocenters. The molecule has 1 aliphatic rings. The molecule has 0 aromatic heterocycles. The van der Waals surface area contributed by atoms with E-state index >= 15 is 0 Å². The van der Waals surface area contributed by atoms with Crippen molar-refractivity contribution >= 4 is 21.8 Å². The number of ether oxygens (including phenoxy) is 2. The van der Waals surface area contributed by atoms with Gasteiger partial charge >= 0.3 is 0 Å². The van der Waals surface area contributed by atoms with E-state index in [1.807, 2.05) is 19.0 Å². The molecule has 1 aliphatic carbocycles. The summed E-state index contributed by atoms with van der Waals surface area (Å²) in [6.07, 6.45) is 3.74. The van der Waals surface area contributed by atoms with E-state index in [1.54, 1.807) is 45.0 Å². The Bertz CT molecular complexity index is 999. The Kier molecular flexibility index (Phi) is 11.8. The quantitative estimate of drug-likeness (QED) is 0.379. The average molecular weight is 541 g/mol. The Morgan fingerprint density at radius 2 is 1.62 bits per heavy atom. The average Bonchev–Trinajstić information content (AvgIpc) is 2.81. The van der Waals surface area contributed by atoms with Crippen LogP contribution in [-0.4, -0.2) is 109 Å². The fraction of sp³-hybridized carbons (Fsp3) is 0.692. The van der Waals surface area contributed by atoms with Crippen LogP contribution in [0, 0.1) is 19.8 Å². The first-order chi connectivity index (χ1) is 17.3. The highest BCUT2D eigenvalue weighted by molar-refractivity contribution is 7.89. The van der Waals surface area contributed by atoms with Crippen molar-refractivity contribution in [1.82, 2.24) is 19.4 Å². The molecule has 0 bridgehead atoms. The van der Waals surface area contributed by atoms with E-state index in [0.717, 1.165) is 25.7 Å². The molecule has 0 radical (unpaired) electrons. The molecule has 0 spiro atoms. The molecule has 0 saturated heterocycles. The van der Waals surface area contributed by atoms with Crippen molar-refractivity contribution in [1.29, 1.82) is 0 Å². The van der Waals surface area contributed by atoms with Gasteiger partial charge in [-0.1, -0.05) is 0 Å². The summed E-state index contributed by atoms with van der Waals surface area (Å²) >= 11 is 0. The lowest BCUT2D eigenvalue weighted by Crippen LogP contribution is -2.43. The van der Waals surface area contributed by atoms with Gasteiger partial charge in [0, 0.05) is 33.2 Å². The molecule has 1 saturated carbocycles. The number of nitrogens with one attached hydrogen (secondary N) is 1. The standard InChI is InChI=1S/C26H44N4O6S/c1-19-14-23(35-7)15-20(2)26(19)37(33,34)30(6)12-13-36-18-25(32)29(5)16-21-8-10-22(11-9-21)27-24(31)17-28(3)4/h14-15,21-22H,8-13,16-18H2,1-7H3,(H,27,31)/t21-,22+. The summed E-state index contributed by atoms with van der Waals surface area (Å²) in [5.74, 6) is 0.921. The van der Waals surface area contributed by atoms with E-state index in [2.05, 4.69) is 5.32 Å². The largest absolute Gasteiger partial charge is 0.497 e. The number of rotatable bonds is 13. The van der Waals surface area contributed by atoms with E-state index < -0.39 is 10.0 Å². The maximum absolute atomic E-state index is 13.1. The van der Waals surface area contributed by atoms with Crippen molar-refractivity contribution in [3.63, 3.8) is 0 Å². The van der Waals surface area contributed by atoms with Gasteiger partial charge in [-0.15, -0.1) is 0 Å². The third kappa shape index (κ3) is 9.24. The van der Waals surface area contributed by atoms with Gasteiger partial charge in [0.15, 0.2) is 0 Å². The second-order valence-electron chi connectivity index (χ2n) is 10.3. The molecule has 0 heterocycles. The van der Waals surface area contributed by atoms with Crippen LogP contribution < -0.4 is 10.1 Å². The Morgan fingerprint density at radius 1 is 1.03 bits per heavy atom. The zero-order valence-electron chi connectivity index (χ0n) is 23.4. The van der Waals surface area contributed by atoms with Gasteiger partial charge in [0.25, 0.3) is 0 Å². The number of benzene rings is 1. The number of amides is 2. The Morgan fingerprint density at radius 3 is 2.16 bits per heavy atom. The number of likely N-dealkylation sites (N-methyl/N-ethyl adjacent to an activating group) is 3. The monoisotopic (exact) mass is 540 g/mol. The number of aryl methyl sites for hydroxylation is 2. The van der Waals surface area contributed by atoms with Crippen molar-refractivity contribution in [2.24, 2.45) is 5.92 Å². The van der Waals surface area contributed by atoms with E-state index in [9.17, 15) is 18.0 Å². The molecule has 2 amide bonds. The van der Waals surface area contributed by atoms with Crippen LogP contribution in [0.2, 0.25) is 0 Å². The van der Waals surface area contributed by atoms with E-state index in [4.69, 9.17) is 9.47 Å². The lowest BCUT2D eigenvalue weighted by Gasteiger charge is -2.32. The van der Waals surface area contributed by atoms with Gasteiger partial charge in [-0.2, -0.15) is 4.31 Å². The van der Waals surface area contributed by atoms with Crippen LogP contribution in [0.4, 0.5) is 0 Å². The van der Waals surface area contributed by atoms with Crippen molar-refractivity contribution in [3.8, 4) is 5.75 Å². The molecular formula is C26H44N4O6S. The predicted molar refractivity (Wildman–Crippen MR) is 143 cm³/mol. The van der Waals surface area contributed by atoms with Crippen LogP contribution in [0.15, 0.2) is 17.0 Å². The van der Waals surface area contributed by atoms with Gasteiger partial charge in [0.2, 0.25) is 21.8 Å². The van der Waals surface area contributed by atoms with Gasteiger partial charge < -0.3 is 24.6 Å². The zero-order valence-corrected chi connectivity index (χ0v) is 24.2. The summed E-state index contributed by atoms with van der Waals surface area (Å²) in [7, 11) is 4.86. The normalized spacial score (nSPS) is 18.2. The third-order valence-corrected chi connectivity index (χ3v) is 8.91. The van der Waals surface area contributed by atoms with Crippen LogP contribution in [0.5, 0.6) is 5.75 Å². The molecule has 1 aromatic rings.